The fourth-order valence-corrected chi connectivity index (χ4v) is 1.56. The van der Waals surface area contributed by atoms with Crippen LogP contribution in [0.15, 0.2) is 16.9 Å². The van der Waals surface area contributed by atoms with Crippen LogP contribution in [-0.4, -0.2) is 17.1 Å². The zero-order chi connectivity index (χ0) is 14.6. The van der Waals surface area contributed by atoms with Gasteiger partial charge < -0.3 is 9.72 Å². The number of terminal acetylenes is 1. The number of hydrogen-bond donors (Lipinski definition) is 1. The number of rotatable bonds is 3. The monoisotopic (exact) mass is 261 g/mol. The number of esters is 1. The van der Waals surface area contributed by atoms with Crippen LogP contribution in [0.25, 0.3) is 0 Å². The number of pyridine rings is 1. The van der Waals surface area contributed by atoms with E-state index in [1.54, 1.807) is 13.0 Å². The summed E-state index contributed by atoms with van der Waals surface area (Å²) in [5.74, 6) is 1.85. The number of aryl methyl sites for hydroxylation is 1. The van der Waals surface area contributed by atoms with Crippen molar-refractivity contribution in [2.75, 3.05) is 0 Å². The molecule has 102 valence electrons. The van der Waals surface area contributed by atoms with Crippen molar-refractivity contribution in [3.8, 4) is 12.3 Å². The molecule has 0 aliphatic heterocycles. The molecular weight excluding hydrogens is 242 g/mol. The number of aromatic nitrogens is 1. The second-order valence-corrected chi connectivity index (χ2v) is 5.55. The van der Waals surface area contributed by atoms with Gasteiger partial charge in [-0.3, -0.25) is 4.79 Å². The maximum atomic E-state index is 12.0. The molecule has 0 radical (unpaired) electrons. The zero-order valence-corrected chi connectivity index (χ0v) is 11.7. The molecule has 1 aromatic heterocycles. The molecule has 1 heterocycles. The number of H-pyrrole nitrogens is 1. The molecule has 0 fully saturated rings. The van der Waals surface area contributed by atoms with Crippen LogP contribution in [0, 0.1) is 24.7 Å². The Labute approximate surface area is 113 Å². The first-order chi connectivity index (χ1) is 8.75. The third-order valence-electron chi connectivity index (χ3n) is 2.79. The van der Waals surface area contributed by atoms with E-state index >= 15 is 0 Å². The van der Waals surface area contributed by atoms with Crippen molar-refractivity contribution in [2.45, 2.75) is 40.2 Å². The molecule has 1 N–H and O–H groups in total. The Kier molecular flexibility index (Phi) is 4.55. The predicted octanol–water partition coefficient (Wildman–Crippen LogP) is 2.28. The molecule has 4 heteroatoms. The van der Waals surface area contributed by atoms with Gasteiger partial charge in [-0.05, 0) is 24.5 Å². The van der Waals surface area contributed by atoms with E-state index in [1.165, 1.54) is 6.07 Å². The van der Waals surface area contributed by atoms with Crippen LogP contribution in [0.2, 0.25) is 0 Å². The van der Waals surface area contributed by atoms with Crippen molar-refractivity contribution >= 4 is 5.97 Å². The molecule has 19 heavy (non-hydrogen) atoms. The molecule has 0 aliphatic carbocycles. The maximum Gasteiger partial charge on any atom is 0.344 e. The number of carbonyl (C=O) groups excluding carboxylic acids is 1. The molecule has 0 bridgehead atoms. The van der Waals surface area contributed by atoms with Crippen molar-refractivity contribution in [1.29, 1.82) is 0 Å². The minimum atomic E-state index is -0.642. The molecule has 0 spiro atoms. The van der Waals surface area contributed by atoms with E-state index in [-0.39, 0.29) is 11.0 Å². The smallest absolute Gasteiger partial charge is 0.344 e. The van der Waals surface area contributed by atoms with E-state index in [0.717, 1.165) is 0 Å². The third-order valence-corrected chi connectivity index (χ3v) is 2.79. The summed E-state index contributed by atoms with van der Waals surface area (Å²) in [5.41, 5.74) is -0.0350. The second kappa shape index (κ2) is 5.75. The van der Waals surface area contributed by atoms with E-state index in [2.05, 4.69) is 10.9 Å². The van der Waals surface area contributed by atoms with Crippen LogP contribution in [0.1, 0.15) is 43.2 Å². The highest BCUT2D eigenvalue weighted by Gasteiger charge is 2.28. The van der Waals surface area contributed by atoms with Gasteiger partial charge in [-0.25, -0.2) is 4.79 Å². The SMILES string of the molecule is C#CC[C@@H](OC(=O)c1ccc(C)[nH]c1=O)C(C)(C)C. The first-order valence-electron chi connectivity index (χ1n) is 6.10. The van der Waals surface area contributed by atoms with Gasteiger partial charge in [-0.1, -0.05) is 20.8 Å². The molecule has 0 aromatic carbocycles. The molecule has 1 rings (SSSR count). The Morgan fingerprint density at radius 3 is 2.58 bits per heavy atom. The van der Waals surface area contributed by atoms with E-state index in [1.807, 2.05) is 20.8 Å². The molecule has 4 nitrogen and oxygen atoms in total. The summed E-state index contributed by atoms with van der Waals surface area (Å²) in [6.45, 7) is 7.54. The number of aromatic amines is 1. The first-order valence-corrected chi connectivity index (χ1v) is 6.10. The lowest BCUT2D eigenvalue weighted by Crippen LogP contribution is -2.33. The number of carbonyl (C=O) groups is 1. The predicted molar refractivity (Wildman–Crippen MR) is 73.9 cm³/mol. The van der Waals surface area contributed by atoms with Crippen LogP contribution in [-0.2, 0) is 4.74 Å². The Bertz CT molecular complexity index is 558. The van der Waals surface area contributed by atoms with Gasteiger partial charge in [0.15, 0.2) is 0 Å². The van der Waals surface area contributed by atoms with Crippen molar-refractivity contribution in [1.82, 2.24) is 4.98 Å². The lowest BCUT2D eigenvalue weighted by atomic mass is 9.87. The van der Waals surface area contributed by atoms with Gasteiger partial charge in [0.2, 0.25) is 0 Å². The molecule has 0 unspecified atom stereocenters. The van der Waals surface area contributed by atoms with Crippen molar-refractivity contribution in [3.05, 3.63) is 33.7 Å². The minimum Gasteiger partial charge on any atom is -0.457 e. The lowest BCUT2D eigenvalue weighted by Gasteiger charge is -2.28. The zero-order valence-electron chi connectivity index (χ0n) is 11.7. The minimum absolute atomic E-state index is 0.00290. The maximum absolute atomic E-state index is 12.0. The van der Waals surface area contributed by atoms with Gasteiger partial charge in [-0.15, -0.1) is 12.3 Å². The summed E-state index contributed by atoms with van der Waals surface area (Å²) >= 11 is 0. The Morgan fingerprint density at radius 2 is 2.11 bits per heavy atom. The van der Waals surface area contributed by atoms with Gasteiger partial charge in [0.1, 0.15) is 11.7 Å². The highest BCUT2D eigenvalue weighted by molar-refractivity contribution is 5.89. The van der Waals surface area contributed by atoms with Gasteiger partial charge in [-0.2, -0.15) is 0 Å². The van der Waals surface area contributed by atoms with E-state index in [9.17, 15) is 9.59 Å². The van der Waals surface area contributed by atoms with Gasteiger partial charge in [0.25, 0.3) is 5.56 Å². The van der Waals surface area contributed by atoms with Crippen molar-refractivity contribution in [2.24, 2.45) is 5.41 Å². The fourth-order valence-electron chi connectivity index (χ4n) is 1.56. The molecule has 0 aliphatic rings. The summed E-state index contributed by atoms with van der Waals surface area (Å²) in [7, 11) is 0. The third kappa shape index (κ3) is 3.99. The normalized spacial score (nSPS) is 12.6. The van der Waals surface area contributed by atoms with Crippen LogP contribution >= 0.6 is 0 Å². The highest BCUT2D eigenvalue weighted by atomic mass is 16.5. The summed E-state index contributed by atoms with van der Waals surface area (Å²) in [6.07, 6.45) is 5.17. The van der Waals surface area contributed by atoms with Crippen molar-refractivity contribution in [3.63, 3.8) is 0 Å². The summed E-state index contributed by atoms with van der Waals surface area (Å²) in [4.78, 5) is 26.2. The molecular formula is C15H19NO3. The first kappa shape index (κ1) is 15.0. The van der Waals surface area contributed by atoms with Gasteiger partial charge >= 0.3 is 5.97 Å². The van der Waals surface area contributed by atoms with Gasteiger partial charge in [0, 0.05) is 12.1 Å². The topological polar surface area (TPSA) is 59.2 Å². The average molecular weight is 261 g/mol. The van der Waals surface area contributed by atoms with E-state index in [0.29, 0.717) is 12.1 Å². The van der Waals surface area contributed by atoms with Crippen LogP contribution in [0.5, 0.6) is 0 Å². The molecule has 1 atom stereocenters. The quantitative estimate of drug-likeness (QED) is 0.670. The number of hydrogen-bond acceptors (Lipinski definition) is 3. The Morgan fingerprint density at radius 1 is 1.47 bits per heavy atom. The summed E-state index contributed by atoms with van der Waals surface area (Å²) in [5, 5.41) is 0. The summed E-state index contributed by atoms with van der Waals surface area (Å²) < 4.78 is 5.36. The van der Waals surface area contributed by atoms with E-state index in [4.69, 9.17) is 11.2 Å². The van der Waals surface area contributed by atoms with Crippen LogP contribution < -0.4 is 5.56 Å². The van der Waals surface area contributed by atoms with Crippen molar-refractivity contribution < 1.29 is 9.53 Å². The lowest BCUT2D eigenvalue weighted by molar-refractivity contribution is -0.000725. The number of nitrogens with one attached hydrogen (secondary N) is 1. The second-order valence-electron chi connectivity index (χ2n) is 5.55. The standard InChI is InChI=1S/C15H19NO3/c1-6-7-12(15(3,4)5)19-14(18)11-9-8-10(2)16-13(11)17/h1,8-9,12H,7H2,2-5H3,(H,16,17)/t12-/m1/s1. The fraction of sp³-hybridized carbons (Fsp3) is 0.467. The Balaban J connectivity index is 2.95. The highest BCUT2D eigenvalue weighted by Crippen LogP contribution is 2.25. The van der Waals surface area contributed by atoms with Crippen LogP contribution in [0.4, 0.5) is 0 Å². The van der Waals surface area contributed by atoms with Crippen LogP contribution in [0.3, 0.4) is 0 Å². The molecule has 1 aromatic rings. The van der Waals surface area contributed by atoms with E-state index < -0.39 is 17.6 Å². The summed E-state index contributed by atoms with van der Waals surface area (Å²) in [6, 6.07) is 3.12. The Hall–Kier alpha value is -2.02. The molecule has 0 amide bonds. The van der Waals surface area contributed by atoms with Gasteiger partial charge in [0.05, 0.1) is 0 Å². The average Bonchev–Trinajstić information content (AvgIpc) is 2.26. The largest absolute Gasteiger partial charge is 0.457 e. The molecule has 0 saturated carbocycles. The number of ether oxygens (including phenoxy) is 1. The molecule has 0 saturated heterocycles.